The molecule has 2 rings (SSSR count). The maximum Gasteiger partial charge on any atom is 0.303 e. The lowest BCUT2D eigenvalue weighted by molar-refractivity contribution is -0.137. The molecule has 0 aliphatic rings. The first-order chi connectivity index (χ1) is 11.1. The summed E-state index contributed by atoms with van der Waals surface area (Å²) in [5.41, 5.74) is 2.05. The summed E-state index contributed by atoms with van der Waals surface area (Å²) in [6.07, 6.45) is 0.905. The second-order valence-electron chi connectivity index (χ2n) is 5.50. The minimum absolute atomic E-state index is 0.0455. The van der Waals surface area contributed by atoms with Crippen LogP contribution in [0.4, 0.5) is 0 Å². The summed E-state index contributed by atoms with van der Waals surface area (Å²) in [6.45, 7) is 0.553. The SMILES string of the molecule is O=C(O)CC(CC(=O)NCCc1ccccc1)c1ccccc1. The fraction of sp³-hybridized carbons (Fsp3) is 0.263. The van der Waals surface area contributed by atoms with Crippen LogP contribution in [0.1, 0.15) is 29.9 Å². The highest BCUT2D eigenvalue weighted by Crippen LogP contribution is 2.23. The summed E-state index contributed by atoms with van der Waals surface area (Å²) in [5.74, 6) is -1.31. The van der Waals surface area contributed by atoms with E-state index in [0.717, 1.165) is 17.5 Å². The van der Waals surface area contributed by atoms with Gasteiger partial charge >= 0.3 is 5.97 Å². The van der Waals surface area contributed by atoms with Gasteiger partial charge in [-0.15, -0.1) is 0 Å². The molecule has 4 heteroatoms. The first kappa shape index (κ1) is 16.7. The lowest BCUT2D eigenvalue weighted by Crippen LogP contribution is -2.27. The van der Waals surface area contributed by atoms with Crippen molar-refractivity contribution in [3.05, 3.63) is 71.8 Å². The van der Waals surface area contributed by atoms with Crippen molar-refractivity contribution in [2.75, 3.05) is 6.54 Å². The predicted molar refractivity (Wildman–Crippen MR) is 89.2 cm³/mol. The van der Waals surface area contributed by atoms with Gasteiger partial charge in [0.1, 0.15) is 0 Å². The summed E-state index contributed by atoms with van der Waals surface area (Å²) in [4.78, 5) is 23.1. The van der Waals surface area contributed by atoms with E-state index >= 15 is 0 Å². The smallest absolute Gasteiger partial charge is 0.303 e. The fourth-order valence-electron chi connectivity index (χ4n) is 2.53. The lowest BCUT2D eigenvalue weighted by atomic mass is 9.92. The van der Waals surface area contributed by atoms with Crippen LogP contribution in [0.25, 0.3) is 0 Å². The van der Waals surface area contributed by atoms with Gasteiger partial charge in [-0.3, -0.25) is 9.59 Å². The van der Waals surface area contributed by atoms with Gasteiger partial charge < -0.3 is 10.4 Å². The Balaban J connectivity index is 1.86. The molecule has 2 N–H and O–H groups in total. The molecule has 0 spiro atoms. The number of rotatable bonds is 8. The van der Waals surface area contributed by atoms with Crippen LogP contribution in [0.5, 0.6) is 0 Å². The topological polar surface area (TPSA) is 66.4 Å². The fourth-order valence-corrected chi connectivity index (χ4v) is 2.53. The summed E-state index contributed by atoms with van der Waals surface area (Å²) < 4.78 is 0. The molecule has 0 heterocycles. The van der Waals surface area contributed by atoms with Crippen molar-refractivity contribution in [1.29, 1.82) is 0 Å². The van der Waals surface area contributed by atoms with Crippen molar-refractivity contribution >= 4 is 11.9 Å². The molecular formula is C19H21NO3. The number of carboxylic acids is 1. The van der Waals surface area contributed by atoms with E-state index in [1.54, 1.807) is 0 Å². The Morgan fingerprint density at radius 2 is 1.52 bits per heavy atom. The third-order valence-corrected chi connectivity index (χ3v) is 3.70. The van der Waals surface area contributed by atoms with E-state index < -0.39 is 5.97 Å². The Hall–Kier alpha value is -2.62. The van der Waals surface area contributed by atoms with Gasteiger partial charge in [-0.05, 0) is 17.5 Å². The molecule has 4 nitrogen and oxygen atoms in total. The van der Waals surface area contributed by atoms with Gasteiger partial charge in [0.15, 0.2) is 0 Å². The monoisotopic (exact) mass is 311 g/mol. The van der Waals surface area contributed by atoms with Gasteiger partial charge in [0, 0.05) is 18.9 Å². The van der Waals surface area contributed by atoms with Gasteiger partial charge in [-0.2, -0.15) is 0 Å². The third-order valence-electron chi connectivity index (χ3n) is 3.70. The molecular weight excluding hydrogens is 290 g/mol. The molecule has 1 unspecified atom stereocenters. The molecule has 2 aromatic carbocycles. The second-order valence-corrected chi connectivity index (χ2v) is 5.50. The van der Waals surface area contributed by atoms with Gasteiger partial charge in [-0.1, -0.05) is 60.7 Å². The number of carbonyl (C=O) groups excluding carboxylic acids is 1. The number of aliphatic carboxylic acids is 1. The molecule has 0 saturated heterocycles. The highest BCUT2D eigenvalue weighted by molar-refractivity contribution is 5.78. The standard InChI is InChI=1S/C19H21NO3/c21-18(20-12-11-15-7-3-1-4-8-15)13-17(14-19(22)23)16-9-5-2-6-10-16/h1-10,17H,11-14H2,(H,20,21)(H,22,23). The van der Waals surface area contributed by atoms with E-state index in [0.29, 0.717) is 6.54 Å². The van der Waals surface area contributed by atoms with Crippen LogP contribution in [-0.4, -0.2) is 23.5 Å². The van der Waals surface area contributed by atoms with Crippen LogP contribution in [0, 0.1) is 0 Å². The zero-order valence-electron chi connectivity index (χ0n) is 12.9. The number of benzene rings is 2. The highest BCUT2D eigenvalue weighted by Gasteiger charge is 2.18. The van der Waals surface area contributed by atoms with Crippen LogP contribution in [0.15, 0.2) is 60.7 Å². The van der Waals surface area contributed by atoms with Gasteiger partial charge in [0.25, 0.3) is 0 Å². The average Bonchev–Trinajstić information content (AvgIpc) is 2.56. The minimum atomic E-state index is -0.893. The number of hydrogen-bond acceptors (Lipinski definition) is 2. The maximum absolute atomic E-state index is 12.1. The number of hydrogen-bond donors (Lipinski definition) is 2. The largest absolute Gasteiger partial charge is 0.481 e. The molecule has 0 fully saturated rings. The molecule has 0 aromatic heterocycles. The van der Waals surface area contributed by atoms with E-state index in [1.165, 1.54) is 0 Å². The summed E-state index contributed by atoms with van der Waals surface area (Å²) in [6, 6.07) is 19.3. The molecule has 120 valence electrons. The summed E-state index contributed by atoms with van der Waals surface area (Å²) in [7, 11) is 0. The first-order valence-corrected chi connectivity index (χ1v) is 7.72. The Bertz CT molecular complexity index is 626. The molecule has 1 atom stereocenters. The van der Waals surface area contributed by atoms with Gasteiger partial charge in [-0.25, -0.2) is 0 Å². The van der Waals surface area contributed by atoms with E-state index in [-0.39, 0.29) is 24.7 Å². The molecule has 0 aliphatic carbocycles. The van der Waals surface area contributed by atoms with E-state index in [9.17, 15) is 9.59 Å². The Morgan fingerprint density at radius 1 is 0.913 bits per heavy atom. The predicted octanol–water partition coefficient (Wildman–Crippen LogP) is 2.99. The van der Waals surface area contributed by atoms with Crippen molar-refractivity contribution in [3.8, 4) is 0 Å². The lowest BCUT2D eigenvalue weighted by Gasteiger charge is -2.15. The van der Waals surface area contributed by atoms with Crippen LogP contribution in [-0.2, 0) is 16.0 Å². The van der Waals surface area contributed by atoms with Gasteiger partial charge in [0.05, 0.1) is 6.42 Å². The molecule has 0 saturated carbocycles. The number of carbonyl (C=O) groups is 2. The average molecular weight is 311 g/mol. The van der Waals surface area contributed by atoms with Crippen molar-refractivity contribution in [2.45, 2.75) is 25.2 Å². The van der Waals surface area contributed by atoms with Crippen LogP contribution in [0.3, 0.4) is 0 Å². The Morgan fingerprint density at radius 3 is 2.13 bits per heavy atom. The second kappa shape index (κ2) is 8.73. The quantitative estimate of drug-likeness (QED) is 0.787. The van der Waals surface area contributed by atoms with Gasteiger partial charge in [0.2, 0.25) is 5.91 Å². The zero-order chi connectivity index (χ0) is 16.5. The van der Waals surface area contributed by atoms with E-state index in [1.807, 2.05) is 60.7 Å². The molecule has 2 aromatic rings. The van der Waals surface area contributed by atoms with Crippen molar-refractivity contribution in [2.24, 2.45) is 0 Å². The highest BCUT2D eigenvalue weighted by atomic mass is 16.4. The number of nitrogens with one attached hydrogen (secondary N) is 1. The van der Waals surface area contributed by atoms with Crippen LogP contribution in [0.2, 0.25) is 0 Å². The van der Waals surface area contributed by atoms with Crippen molar-refractivity contribution < 1.29 is 14.7 Å². The zero-order valence-corrected chi connectivity index (χ0v) is 12.9. The normalized spacial score (nSPS) is 11.7. The van der Waals surface area contributed by atoms with Crippen molar-refractivity contribution in [3.63, 3.8) is 0 Å². The van der Waals surface area contributed by atoms with Crippen LogP contribution >= 0.6 is 0 Å². The van der Waals surface area contributed by atoms with E-state index in [2.05, 4.69) is 5.32 Å². The summed E-state index contributed by atoms with van der Waals surface area (Å²) >= 11 is 0. The maximum atomic E-state index is 12.1. The third kappa shape index (κ3) is 5.94. The molecule has 0 bridgehead atoms. The molecule has 0 radical (unpaired) electrons. The first-order valence-electron chi connectivity index (χ1n) is 7.72. The number of amides is 1. The van der Waals surface area contributed by atoms with Crippen LogP contribution < -0.4 is 5.32 Å². The number of carboxylic acid groups (broad SMARTS) is 1. The molecule has 1 amide bonds. The van der Waals surface area contributed by atoms with Crippen molar-refractivity contribution in [1.82, 2.24) is 5.32 Å². The summed E-state index contributed by atoms with van der Waals surface area (Å²) in [5, 5.41) is 11.9. The molecule has 0 aliphatic heterocycles. The minimum Gasteiger partial charge on any atom is -0.481 e. The Labute approximate surface area is 136 Å². The van der Waals surface area contributed by atoms with E-state index in [4.69, 9.17) is 5.11 Å². The molecule has 23 heavy (non-hydrogen) atoms. The Kier molecular flexibility index (Phi) is 6.36.